The van der Waals surface area contributed by atoms with E-state index in [0.717, 1.165) is 31.9 Å². The lowest BCUT2D eigenvalue weighted by molar-refractivity contribution is 0.717. The van der Waals surface area contributed by atoms with Gasteiger partial charge in [-0.25, -0.2) is 4.98 Å². The Morgan fingerprint density at radius 1 is 1.00 bits per heavy atom. The van der Waals surface area contributed by atoms with Gasteiger partial charge in [-0.05, 0) is 48.6 Å². The van der Waals surface area contributed by atoms with Crippen LogP contribution in [0, 0.1) is 26.2 Å². The number of rotatable bonds is 3. The molecule has 5 rings (SSSR count). The topological polar surface area (TPSA) is 21.1 Å². The Morgan fingerprint density at radius 3 is 2.45 bits per heavy atom. The lowest BCUT2D eigenvalue weighted by Crippen LogP contribution is -2.31. The molecule has 0 atom stereocenters. The number of anilines is 1. The predicted octanol–water partition coefficient (Wildman–Crippen LogP) is 5.67. The molecular formula is C27H26ClN3. The first-order valence-electron chi connectivity index (χ1n) is 10.5. The Morgan fingerprint density at radius 2 is 1.71 bits per heavy atom. The highest BCUT2D eigenvalue weighted by Crippen LogP contribution is 2.35. The van der Waals surface area contributed by atoms with E-state index in [0.29, 0.717) is 5.69 Å². The number of halogens is 1. The largest absolute Gasteiger partial charge is 0.350 e. The first kappa shape index (κ1) is 21.0. The van der Waals surface area contributed by atoms with Crippen molar-refractivity contribution in [3.8, 4) is 12.3 Å². The van der Waals surface area contributed by atoms with Gasteiger partial charge in [-0.2, -0.15) is 0 Å². The Labute approximate surface area is 190 Å². The molecule has 0 N–H and O–H groups in total. The molecule has 0 fully saturated rings. The van der Waals surface area contributed by atoms with Gasteiger partial charge in [-0.1, -0.05) is 60.5 Å². The SMILES string of the molecule is C#Cc1cc2c(C)c(C)n(Cc3ccccc3)c2c(N2CCc3ccccc3C2)n1.Cl. The van der Waals surface area contributed by atoms with Crippen LogP contribution in [0.4, 0.5) is 5.82 Å². The molecule has 0 radical (unpaired) electrons. The fourth-order valence-corrected chi connectivity index (χ4v) is 4.58. The monoisotopic (exact) mass is 427 g/mol. The van der Waals surface area contributed by atoms with Gasteiger partial charge in [0.25, 0.3) is 0 Å². The molecule has 0 unspecified atom stereocenters. The third kappa shape index (κ3) is 3.69. The molecule has 0 saturated carbocycles. The van der Waals surface area contributed by atoms with E-state index in [-0.39, 0.29) is 12.4 Å². The minimum Gasteiger partial charge on any atom is -0.350 e. The first-order chi connectivity index (χ1) is 14.7. The number of aryl methyl sites for hydroxylation is 1. The van der Waals surface area contributed by atoms with Gasteiger partial charge in [0.2, 0.25) is 0 Å². The van der Waals surface area contributed by atoms with E-state index in [1.54, 1.807) is 0 Å². The number of hydrogen-bond donors (Lipinski definition) is 0. The van der Waals surface area contributed by atoms with Crippen molar-refractivity contribution in [2.75, 3.05) is 11.4 Å². The molecule has 2 aromatic carbocycles. The predicted molar refractivity (Wildman–Crippen MR) is 131 cm³/mol. The molecule has 1 aliphatic rings. The van der Waals surface area contributed by atoms with Gasteiger partial charge in [-0.3, -0.25) is 0 Å². The van der Waals surface area contributed by atoms with Gasteiger partial charge in [0.1, 0.15) is 5.69 Å². The summed E-state index contributed by atoms with van der Waals surface area (Å²) in [5.41, 5.74) is 8.53. The summed E-state index contributed by atoms with van der Waals surface area (Å²) in [6.07, 6.45) is 6.82. The van der Waals surface area contributed by atoms with Crippen LogP contribution in [0.2, 0.25) is 0 Å². The molecule has 0 bridgehead atoms. The second-order valence-electron chi connectivity index (χ2n) is 8.09. The number of aromatic nitrogens is 2. The Hall–Kier alpha value is -3.22. The fourth-order valence-electron chi connectivity index (χ4n) is 4.58. The van der Waals surface area contributed by atoms with Crippen molar-refractivity contribution >= 4 is 29.1 Å². The number of hydrogen-bond acceptors (Lipinski definition) is 2. The molecule has 4 aromatic rings. The molecular weight excluding hydrogens is 402 g/mol. The summed E-state index contributed by atoms with van der Waals surface area (Å²) in [6.45, 7) is 7.02. The minimum absolute atomic E-state index is 0. The highest BCUT2D eigenvalue weighted by atomic mass is 35.5. The lowest BCUT2D eigenvalue weighted by Gasteiger charge is -2.31. The van der Waals surface area contributed by atoms with Crippen molar-refractivity contribution in [1.82, 2.24) is 9.55 Å². The molecule has 0 amide bonds. The zero-order valence-electron chi connectivity index (χ0n) is 17.9. The van der Waals surface area contributed by atoms with Gasteiger partial charge in [0, 0.05) is 30.7 Å². The molecule has 31 heavy (non-hydrogen) atoms. The summed E-state index contributed by atoms with van der Waals surface area (Å²) in [7, 11) is 0. The molecule has 156 valence electrons. The molecule has 3 heterocycles. The van der Waals surface area contributed by atoms with E-state index in [9.17, 15) is 0 Å². The third-order valence-corrected chi connectivity index (χ3v) is 6.36. The number of pyridine rings is 1. The summed E-state index contributed by atoms with van der Waals surface area (Å²) in [4.78, 5) is 7.34. The van der Waals surface area contributed by atoms with Crippen molar-refractivity contribution in [2.24, 2.45) is 0 Å². The van der Waals surface area contributed by atoms with E-state index >= 15 is 0 Å². The zero-order chi connectivity index (χ0) is 20.7. The molecule has 0 saturated heterocycles. The van der Waals surface area contributed by atoms with Crippen LogP contribution in [-0.4, -0.2) is 16.1 Å². The van der Waals surface area contributed by atoms with Crippen LogP contribution in [-0.2, 0) is 19.5 Å². The number of terminal acetylenes is 1. The van der Waals surface area contributed by atoms with Crippen LogP contribution in [0.5, 0.6) is 0 Å². The maximum Gasteiger partial charge on any atom is 0.154 e. The standard InChI is InChI=1S/C27H25N3.ClH/c1-4-24-16-25-19(2)20(3)30(17-21-10-6-5-7-11-21)26(25)27(28-24)29-15-14-22-12-8-9-13-23(22)18-29;/h1,5-13,16H,14-15,17-18H2,2-3H3;1H. The first-order valence-corrected chi connectivity index (χ1v) is 10.5. The number of benzene rings is 2. The Bertz CT molecular complexity index is 1280. The van der Waals surface area contributed by atoms with Crippen molar-refractivity contribution in [3.05, 3.63) is 94.3 Å². The van der Waals surface area contributed by atoms with Gasteiger partial charge in [0.05, 0.1) is 5.52 Å². The quantitative estimate of drug-likeness (QED) is 0.393. The number of nitrogens with zero attached hydrogens (tertiary/aromatic N) is 3. The maximum atomic E-state index is 5.80. The van der Waals surface area contributed by atoms with E-state index in [4.69, 9.17) is 11.4 Å². The maximum absolute atomic E-state index is 5.80. The highest BCUT2D eigenvalue weighted by Gasteiger charge is 2.23. The van der Waals surface area contributed by atoms with Crippen LogP contribution < -0.4 is 4.90 Å². The summed E-state index contributed by atoms with van der Waals surface area (Å²) < 4.78 is 2.41. The second kappa shape index (κ2) is 8.49. The average molecular weight is 428 g/mol. The normalized spacial score (nSPS) is 12.9. The summed E-state index contributed by atoms with van der Waals surface area (Å²) in [6, 6.07) is 21.4. The average Bonchev–Trinajstić information content (AvgIpc) is 3.03. The van der Waals surface area contributed by atoms with Gasteiger partial charge < -0.3 is 9.47 Å². The summed E-state index contributed by atoms with van der Waals surface area (Å²) in [5, 5.41) is 1.21. The highest BCUT2D eigenvalue weighted by molar-refractivity contribution is 5.94. The third-order valence-electron chi connectivity index (χ3n) is 6.36. The Kier molecular flexibility index (Phi) is 5.76. The molecule has 3 nitrogen and oxygen atoms in total. The van der Waals surface area contributed by atoms with Crippen molar-refractivity contribution in [2.45, 2.75) is 33.4 Å². The van der Waals surface area contributed by atoms with Crippen LogP contribution in [0.25, 0.3) is 10.9 Å². The molecule has 0 aliphatic carbocycles. The summed E-state index contributed by atoms with van der Waals surface area (Å²) >= 11 is 0. The molecule has 2 aromatic heterocycles. The van der Waals surface area contributed by atoms with E-state index in [1.807, 2.05) is 0 Å². The lowest BCUT2D eigenvalue weighted by atomic mass is 10.00. The fraction of sp³-hybridized carbons (Fsp3) is 0.222. The van der Waals surface area contributed by atoms with Crippen LogP contribution >= 0.6 is 12.4 Å². The van der Waals surface area contributed by atoms with Gasteiger partial charge in [-0.15, -0.1) is 18.8 Å². The molecule has 0 spiro atoms. The smallest absolute Gasteiger partial charge is 0.154 e. The van der Waals surface area contributed by atoms with Crippen LogP contribution in [0.3, 0.4) is 0 Å². The summed E-state index contributed by atoms with van der Waals surface area (Å²) in [5.74, 6) is 3.78. The van der Waals surface area contributed by atoms with Crippen molar-refractivity contribution < 1.29 is 0 Å². The molecule has 1 aliphatic heterocycles. The zero-order valence-corrected chi connectivity index (χ0v) is 18.7. The van der Waals surface area contributed by atoms with Gasteiger partial charge in [0.15, 0.2) is 5.82 Å². The van der Waals surface area contributed by atoms with Crippen LogP contribution in [0.1, 0.15) is 33.6 Å². The molecule has 4 heteroatoms. The van der Waals surface area contributed by atoms with Crippen molar-refractivity contribution in [3.63, 3.8) is 0 Å². The van der Waals surface area contributed by atoms with Gasteiger partial charge >= 0.3 is 0 Å². The second-order valence-corrected chi connectivity index (χ2v) is 8.09. The van der Waals surface area contributed by atoms with E-state index in [1.165, 1.54) is 38.9 Å². The van der Waals surface area contributed by atoms with E-state index in [2.05, 4.69) is 89.9 Å². The van der Waals surface area contributed by atoms with Crippen LogP contribution in [0.15, 0.2) is 60.7 Å². The van der Waals surface area contributed by atoms with Crippen molar-refractivity contribution in [1.29, 1.82) is 0 Å². The van der Waals surface area contributed by atoms with E-state index < -0.39 is 0 Å². The minimum atomic E-state index is 0. The Balaban J connectivity index is 0.00000231. The number of fused-ring (bicyclic) bond motifs is 2.